The lowest BCUT2D eigenvalue weighted by Crippen LogP contribution is -2.49. The van der Waals surface area contributed by atoms with E-state index in [-0.39, 0.29) is 12.5 Å². The zero-order valence-electron chi connectivity index (χ0n) is 17.1. The lowest BCUT2D eigenvalue weighted by atomic mass is 10.1. The van der Waals surface area contributed by atoms with E-state index < -0.39 is 15.3 Å². The van der Waals surface area contributed by atoms with E-state index in [2.05, 4.69) is 5.10 Å². The number of anilines is 1. The second kappa shape index (κ2) is 7.85. The number of benzene rings is 2. The van der Waals surface area contributed by atoms with Crippen molar-refractivity contribution in [3.63, 3.8) is 0 Å². The molecule has 0 spiro atoms. The van der Waals surface area contributed by atoms with Gasteiger partial charge in [0, 0.05) is 37.6 Å². The van der Waals surface area contributed by atoms with E-state index in [1.807, 2.05) is 48.7 Å². The summed E-state index contributed by atoms with van der Waals surface area (Å²) in [6.45, 7) is 1.27. The number of rotatable bonds is 4. The van der Waals surface area contributed by atoms with Crippen LogP contribution in [0.25, 0.3) is 5.69 Å². The van der Waals surface area contributed by atoms with Gasteiger partial charge in [0.25, 0.3) is 5.91 Å². The number of carbonyl (C=O) groups is 1. The number of likely N-dealkylation sites (tertiary alicyclic amines) is 1. The molecule has 2 aromatic carbocycles. The highest BCUT2D eigenvalue weighted by Crippen LogP contribution is 2.33. The van der Waals surface area contributed by atoms with Crippen LogP contribution in [0.1, 0.15) is 28.8 Å². The second-order valence-electron chi connectivity index (χ2n) is 8.01. The summed E-state index contributed by atoms with van der Waals surface area (Å²) in [6.07, 6.45) is 5.52. The van der Waals surface area contributed by atoms with E-state index in [0.29, 0.717) is 31.5 Å². The quantitative estimate of drug-likeness (QED) is 0.630. The Morgan fingerprint density at radius 3 is 2.58 bits per heavy atom. The number of fused-ring (bicyclic) bond motifs is 1. The van der Waals surface area contributed by atoms with Crippen molar-refractivity contribution in [2.24, 2.45) is 0 Å². The first-order valence-corrected chi connectivity index (χ1v) is 12.0. The first kappa shape index (κ1) is 19.8. The van der Waals surface area contributed by atoms with Gasteiger partial charge in [0.1, 0.15) is 0 Å². The molecule has 1 atom stereocenters. The van der Waals surface area contributed by atoms with E-state index >= 15 is 0 Å². The average Bonchev–Trinajstić information content (AvgIpc) is 3.49. The van der Waals surface area contributed by atoms with Crippen LogP contribution in [0, 0.1) is 0 Å². The molecule has 1 fully saturated rings. The van der Waals surface area contributed by atoms with Gasteiger partial charge in [0.2, 0.25) is 10.0 Å². The molecule has 31 heavy (non-hydrogen) atoms. The Balaban J connectivity index is 1.33. The smallest absolute Gasteiger partial charge is 0.253 e. The summed E-state index contributed by atoms with van der Waals surface area (Å²) in [5.41, 5.74) is 3.26. The van der Waals surface area contributed by atoms with Gasteiger partial charge in [0.15, 0.2) is 0 Å². The summed E-state index contributed by atoms with van der Waals surface area (Å²) < 4.78 is 30.1. The lowest BCUT2D eigenvalue weighted by Gasteiger charge is -2.35. The highest BCUT2D eigenvalue weighted by Gasteiger charge is 2.39. The summed E-state index contributed by atoms with van der Waals surface area (Å²) in [6, 6.07) is 16.7. The van der Waals surface area contributed by atoms with Crippen LogP contribution >= 0.6 is 0 Å². The highest BCUT2D eigenvalue weighted by atomic mass is 32.2. The molecule has 1 aromatic heterocycles. The Labute approximate surface area is 182 Å². The lowest BCUT2D eigenvalue weighted by molar-refractivity contribution is 0.0727. The van der Waals surface area contributed by atoms with E-state index in [0.717, 1.165) is 23.4 Å². The molecule has 1 amide bonds. The molecule has 1 unspecified atom stereocenters. The molecule has 7 nitrogen and oxygen atoms in total. The van der Waals surface area contributed by atoms with Crippen molar-refractivity contribution < 1.29 is 13.2 Å². The number of hydrogen-bond acceptors (Lipinski definition) is 4. The van der Waals surface area contributed by atoms with Gasteiger partial charge in [-0.05, 0) is 61.2 Å². The molecular weight excluding hydrogens is 412 g/mol. The standard InChI is InChI=1S/C23H24N4O3S/c28-23(19-8-10-20(11-9-19)26-15-4-13-24-26)25-14-3-6-21(17-25)31(29,30)27-16-12-18-5-1-2-7-22(18)27/h1-2,4-5,7-11,13,15,21H,3,6,12,14,16-17H2. The van der Waals surface area contributed by atoms with Gasteiger partial charge in [-0.3, -0.25) is 9.10 Å². The molecule has 3 heterocycles. The van der Waals surface area contributed by atoms with Gasteiger partial charge in [-0.2, -0.15) is 5.10 Å². The largest absolute Gasteiger partial charge is 0.337 e. The van der Waals surface area contributed by atoms with E-state index in [9.17, 15) is 13.2 Å². The molecule has 2 aliphatic heterocycles. The maximum Gasteiger partial charge on any atom is 0.253 e. The van der Waals surface area contributed by atoms with E-state index in [4.69, 9.17) is 0 Å². The molecule has 3 aromatic rings. The van der Waals surface area contributed by atoms with Gasteiger partial charge < -0.3 is 4.90 Å². The number of hydrogen-bond donors (Lipinski definition) is 0. The van der Waals surface area contributed by atoms with Gasteiger partial charge in [-0.1, -0.05) is 18.2 Å². The molecule has 0 N–H and O–H groups in total. The van der Waals surface area contributed by atoms with Crippen molar-refractivity contribution in [1.82, 2.24) is 14.7 Å². The normalized spacial score (nSPS) is 18.8. The minimum absolute atomic E-state index is 0.131. The van der Waals surface area contributed by atoms with Crippen molar-refractivity contribution >= 4 is 21.6 Å². The maximum atomic E-state index is 13.4. The molecule has 1 saturated heterocycles. The van der Waals surface area contributed by atoms with Crippen molar-refractivity contribution in [3.8, 4) is 5.69 Å². The summed E-state index contributed by atoms with van der Waals surface area (Å²) in [7, 11) is -3.53. The molecular formula is C23H24N4O3S. The highest BCUT2D eigenvalue weighted by molar-refractivity contribution is 7.93. The first-order chi connectivity index (χ1) is 15.0. The minimum atomic E-state index is -3.53. The summed E-state index contributed by atoms with van der Waals surface area (Å²) >= 11 is 0. The molecule has 5 rings (SSSR count). The minimum Gasteiger partial charge on any atom is -0.337 e. The van der Waals surface area contributed by atoms with Crippen molar-refractivity contribution in [2.45, 2.75) is 24.5 Å². The second-order valence-corrected chi connectivity index (χ2v) is 10.1. The molecule has 0 radical (unpaired) electrons. The molecule has 160 valence electrons. The average molecular weight is 437 g/mol. The van der Waals surface area contributed by atoms with Crippen LogP contribution in [0.15, 0.2) is 67.0 Å². The van der Waals surface area contributed by atoms with E-state index in [1.54, 1.807) is 32.2 Å². The molecule has 0 saturated carbocycles. The fourth-order valence-electron chi connectivity index (χ4n) is 4.48. The fourth-order valence-corrected chi connectivity index (χ4v) is 6.47. The van der Waals surface area contributed by atoms with Gasteiger partial charge in [-0.25, -0.2) is 13.1 Å². The molecule has 8 heteroatoms. The van der Waals surface area contributed by atoms with Crippen LogP contribution in [-0.4, -0.2) is 53.9 Å². The Kier molecular flexibility index (Phi) is 5.02. The van der Waals surface area contributed by atoms with Crippen LogP contribution in [-0.2, 0) is 16.4 Å². The Hall–Kier alpha value is -3.13. The Morgan fingerprint density at radius 2 is 1.81 bits per heavy atom. The third-order valence-electron chi connectivity index (χ3n) is 6.12. The first-order valence-electron chi connectivity index (χ1n) is 10.5. The van der Waals surface area contributed by atoms with Crippen LogP contribution < -0.4 is 4.31 Å². The zero-order chi connectivity index (χ0) is 21.4. The number of aromatic nitrogens is 2. The van der Waals surface area contributed by atoms with Crippen LogP contribution in [0.3, 0.4) is 0 Å². The number of nitrogens with zero attached hydrogens (tertiary/aromatic N) is 4. The predicted octanol–water partition coefficient (Wildman–Crippen LogP) is 2.87. The number of para-hydroxylation sites is 1. The molecule has 2 aliphatic rings. The number of amides is 1. The third kappa shape index (κ3) is 3.61. The van der Waals surface area contributed by atoms with E-state index in [1.165, 1.54) is 0 Å². The maximum absolute atomic E-state index is 13.4. The topological polar surface area (TPSA) is 75.5 Å². The predicted molar refractivity (Wildman–Crippen MR) is 119 cm³/mol. The van der Waals surface area contributed by atoms with Crippen LogP contribution in [0.2, 0.25) is 0 Å². The summed E-state index contributed by atoms with van der Waals surface area (Å²) in [5, 5.41) is 3.61. The van der Waals surface area contributed by atoms with Gasteiger partial charge in [0.05, 0.1) is 16.6 Å². The monoisotopic (exact) mass is 436 g/mol. The van der Waals surface area contributed by atoms with Gasteiger partial charge >= 0.3 is 0 Å². The molecule has 0 bridgehead atoms. The number of sulfonamides is 1. The zero-order valence-corrected chi connectivity index (χ0v) is 17.9. The summed E-state index contributed by atoms with van der Waals surface area (Å²) in [5.74, 6) is -0.131. The number of piperidine rings is 1. The summed E-state index contributed by atoms with van der Waals surface area (Å²) in [4.78, 5) is 14.8. The SMILES string of the molecule is O=C(c1ccc(-n2cccn2)cc1)N1CCCC(S(=O)(=O)N2CCc3ccccc32)C1. The third-order valence-corrected chi connectivity index (χ3v) is 8.34. The van der Waals surface area contributed by atoms with Gasteiger partial charge in [-0.15, -0.1) is 0 Å². The Bertz CT molecular complexity index is 1190. The van der Waals surface area contributed by atoms with Crippen LogP contribution in [0.4, 0.5) is 5.69 Å². The Morgan fingerprint density at radius 1 is 1.00 bits per heavy atom. The number of carbonyl (C=O) groups excluding carboxylic acids is 1. The van der Waals surface area contributed by atoms with Crippen molar-refractivity contribution in [3.05, 3.63) is 78.1 Å². The van der Waals surface area contributed by atoms with Crippen molar-refractivity contribution in [2.75, 3.05) is 23.9 Å². The van der Waals surface area contributed by atoms with Crippen LogP contribution in [0.5, 0.6) is 0 Å². The fraction of sp³-hybridized carbons (Fsp3) is 0.304. The molecule has 0 aliphatic carbocycles. The van der Waals surface area contributed by atoms with Crippen molar-refractivity contribution in [1.29, 1.82) is 0 Å².